The fraction of sp³-hybridized carbons (Fsp3) is 0.900. The van der Waals surface area contributed by atoms with Crippen LogP contribution in [0.3, 0.4) is 0 Å². The van der Waals surface area contributed by atoms with E-state index in [2.05, 4.69) is 21.7 Å². The van der Waals surface area contributed by atoms with Crippen LogP contribution in [0.2, 0.25) is 5.31 Å². The van der Waals surface area contributed by atoms with E-state index in [-0.39, 0.29) is 16.5 Å². The highest BCUT2D eigenvalue weighted by atomic mass is 16.6. The highest BCUT2D eigenvalue weighted by molar-refractivity contribution is 6.28. The number of carbonyl (C=O) groups excluding carboxylic acids is 1. The zero-order valence-corrected chi connectivity index (χ0v) is 8.94. The van der Waals surface area contributed by atoms with Crippen LogP contribution in [-0.2, 0) is 9.53 Å². The first-order valence-electron chi connectivity index (χ1n) is 5.03. The lowest BCUT2D eigenvalue weighted by Crippen LogP contribution is -2.37. The Bertz CT molecular complexity index is 278. The number of hydrogen-bond donors (Lipinski definition) is 0. The van der Waals surface area contributed by atoms with E-state index in [0.717, 1.165) is 19.3 Å². The standard InChI is InChI=1S/C10H17BO2/c1-7(12)10(11)5-4-8(2)9(3,6-10)13-8/h4-6,11H2,1-3H3. The molecule has 3 atom stereocenters. The van der Waals surface area contributed by atoms with Gasteiger partial charge in [0.25, 0.3) is 0 Å². The summed E-state index contributed by atoms with van der Waals surface area (Å²) in [5.74, 6) is 0.311. The van der Waals surface area contributed by atoms with Gasteiger partial charge in [-0.05, 0) is 40.0 Å². The summed E-state index contributed by atoms with van der Waals surface area (Å²) in [5.41, 5.74) is 0.0492. The molecule has 0 bridgehead atoms. The van der Waals surface area contributed by atoms with Gasteiger partial charge in [-0.1, -0.05) is 0 Å². The van der Waals surface area contributed by atoms with Crippen molar-refractivity contribution in [3.05, 3.63) is 0 Å². The molecule has 1 aliphatic heterocycles. The second-order valence-electron chi connectivity index (χ2n) is 5.36. The molecule has 3 heteroatoms. The predicted octanol–water partition coefficient (Wildman–Crippen LogP) is 1.10. The molecule has 1 aliphatic carbocycles. The number of ether oxygens (including phenoxy) is 1. The molecule has 0 aromatic rings. The Kier molecular flexibility index (Phi) is 1.56. The molecular weight excluding hydrogens is 163 g/mol. The number of Topliss-reactive ketones (excluding diaryl/α,β-unsaturated/α-hetero) is 1. The summed E-state index contributed by atoms with van der Waals surface area (Å²) < 4.78 is 5.75. The molecule has 13 heavy (non-hydrogen) atoms. The summed E-state index contributed by atoms with van der Waals surface area (Å²) in [5, 5.41) is -0.134. The molecular formula is C10H17BO2. The molecule has 1 saturated heterocycles. The van der Waals surface area contributed by atoms with E-state index in [1.807, 2.05) is 0 Å². The van der Waals surface area contributed by atoms with Crippen LogP contribution in [-0.4, -0.2) is 24.8 Å². The van der Waals surface area contributed by atoms with Crippen molar-refractivity contribution in [1.29, 1.82) is 0 Å². The topological polar surface area (TPSA) is 29.6 Å². The highest BCUT2D eigenvalue weighted by Crippen LogP contribution is 2.63. The van der Waals surface area contributed by atoms with E-state index in [4.69, 9.17) is 4.74 Å². The fourth-order valence-electron chi connectivity index (χ4n) is 2.66. The maximum Gasteiger partial charge on any atom is 0.128 e. The lowest BCUT2D eigenvalue weighted by Gasteiger charge is -2.34. The van der Waals surface area contributed by atoms with E-state index in [9.17, 15) is 4.79 Å². The first kappa shape index (κ1) is 9.26. The maximum atomic E-state index is 11.5. The number of carbonyl (C=O) groups is 1. The van der Waals surface area contributed by atoms with Gasteiger partial charge in [0.05, 0.1) is 11.2 Å². The first-order chi connectivity index (χ1) is 5.81. The molecule has 1 heterocycles. The van der Waals surface area contributed by atoms with Gasteiger partial charge in [0.2, 0.25) is 0 Å². The van der Waals surface area contributed by atoms with Gasteiger partial charge >= 0.3 is 0 Å². The van der Waals surface area contributed by atoms with Crippen molar-refractivity contribution in [2.45, 2.75) is 56.6 Å². The molecule has 0 N–H and O–H groups in total. The Morgan fingerprint density at radius 2 is 1.92 bits per heavy atom. The normalized spacial score (nSPS) is 54.1. The Morgan fingerprint density at radius 1 is 1.31 bits per heavy atom. The molecule has 0 aromatic heterocycles. The third-order valence-corrected chi connectivity index (χ3v) is 4.26. The average molecular weight is 180 g/mol. The average Bonchev–Trinajstić information content (AvgIpc) is 2.52. The van der Waals surface area contributed by atoms with Gasteiger partial charge in [-0.25, -0.2) is 0 Å². The minimum Gasteiger partial charge on any atom is -0.363 e. The maximum absolute atomic E-state index is 11.5. The zero-order valence-electron chi connectivity index (χ0n) is 8.94. The van der Waals surface area contributed by atoms with Crippen LogP contribution in [0.5, 0.6) is 0 Å². The van der Waals surface area contributed by atoms with Gasteiger partial charge in [0, 0.05) is 5.31 Å². The number of hydrogen-bond acceptors (Lipinski definition) is 2. The summed E-state index contributed by atoms with van der Waals surface area (Å²) >= 11 is 0. The van der Waals surface area contributed by atoms with Crippen LogP contribution in [0.1, 0.15) is 40.0 Å². The van der Waals surface area contributed by atoms with Crippen molar-refractivity contribution in [2.24, 2.45) is 0 Å². The van der Waals surface area contributed by atoms with Crippen molar-refractivity contribution >= 4 is 13.6 Å². The van der Waals surface area contributed by atoms with Gasteiger partial charge in [-0.15, -0.1) is 0 Å². The van der Waals surface area contributed by atoms with Crippen molar-refractivity contribution in [3.8, 4) is 0 Å². The Labute approximate surface area is 80.4 Å². The van der Waals surface area contributed by atoms with Crippen LogP contribution in [0.4, 0.5) is 0 Å². The van der Waals surface area contributed by atoms with E-state index in [0.29, 0.717) is 5.78 Å². The molecule has 2 fully saturated rings. The molecule has 0 spiro atoms. The van der Waals surface area contributed by atoms with Crippen LogP contribution >= 0.6 is 0 Å². The van der Waals surface area contributed by atoms with Crippen molar-refractivity contribution < 1.29 is 9.53 Å². The quantitative estimate of drug-likeness (QED) is 0.446. The second-order valence-corrected chi connectivity index (χ2v) is 5.36. The minimum absolute atomic E-state index is 0.0222. The molecule has 0 radical (unpaired) electrons. The monoisotopic (exact) mass is 180 g/mol. The van der Waals surface area contributed by atoms with E-state index >= 15 is 0 Å². The smallest absolute Gasteiger partial charge is 0.128 e. The number of epoxide rings is 1. The van der Waals surface area contributed by atoms with Gasteiger partial charge in [-0.2, -0.15) is 0 Å². The third kappa shape index (κ3) is 1.09. The highest BCUT2D eigenvalue weighted by Gasteiger charge is 2.68. The molecule has 3 unspecified atom stereocenters. The van der Waals surface area contributed by atoms with Gasteiger partial charge in [0.1, 0.15) is 13.6 Å². The molecule has 2 rings (SSSR count). The van der Waals surface area contributed by atoms with E-state index < -0.39 is 0 Å². The van der Waals surface area contributed by atoms with Crippen LogP contribution in [0.15, 0.2) is 0 Å². The van der Waals surface area contributed by atoms with Crippen molar-refractivity contribution in [1.82, 2.24) is 0 Å². The molecule has 72 valence electrons. The Hall–Kier alpha value is -0.305. The van der Waals surface area contributed by atoms with E-state index in [1.54, 1.807) is 6.92 Å². The lowest BCUT2D eigenvalue weighted by molar-refractivity contribution is -0.120. The van der Waals surface area contributed by atoms with Crippen LogP contribution < -0.4 is 0 Å². The van der Waals surface area contributed by atoms with Gasteiger partial charge in [0.15, 0.2) is 0 Å². The predicted molar refractivity (Wildman–Crippen MR) is 53.7 cm³/mol. The third-order valence-electron chi connectivity index (χ3n) is 4.26. The van der Waals surface area contributed by atoms with Crippen molar-refractivity contribution in [3.63, 3.8) is 0 Å². The summed E-state index contributed by atoms with van der Waals surface area (Å²) in [6, 6.07) is 0. The van der Waals surface area contributed by atoms with Crippen molar-refractivity contribution in [2.75, 3.05) is 0 Å². The molecule has 0 aromatic carbocycles. The molecule has 2 nitrogen and oxygen atoms in total. The Balaban J connectivity index is 2.20. The molecule has 1 saturated carbocycles. The number of ketones is 1. The van der Waals surface area contributed by atoms with Crippen LogP contribution in [0, 0.1) is 0 Å². The summed E-state index contributed by atoms with van der Waals surface area (Å²) in [4.78, 5) is 11.5. The molecule has 2 aliphatic rings. The fourth-order valence-corrected chi connectivity index (χ4v) is 2.66. The largest absolute Gasteiger partial charge is 0.363 e. The molecule has 0 amide bonds. The minimum atomic E-state index is -0.134. The Morgan fingerprint density at radius 3 is 2.38 bits per heavy atom. The first-order valence-corrected chi connectivity index (χ1v) is 5.03. The summed E-state index contributed by atoms with van der Waals surface area (Å²) in [7, 11) is 2.07. The van der Waals surface area contributed by atoms with Crippen LogP contribution in [0.25, 0.3) is 0 Å². The number of fused-ring (bicyclic) bond motifs is 1. The summed E-state index contributed by atoms with van der Waals surface area (Å²) in [6.45, 7) is 5.99. The van der Waals surface area contributed by atoms with Gasteiger partial charge in [-0.3, -0.25) is 0 Å². The van der Waals surface area contributed by atoms with E-state index in [1.165, 1.54) is 0 Å². The number of rotatable bonds is 1. The SMILES string of the molecule is BC1(C(C)=O)CCC2(C)OC2(C)C1. The lowest BCUT2D eigenvalue weighted by atomic mass is 9.54. The second kappa shape index (κ2) is 2.19. The summed E-state index contributed by atoms with van der Waals surface area (Å²) in [6.07, 6.45) is 2.90. The van der Waals surface area contributed by atoms with Gasteiger partial charge < -0.3 is 9.53 Å². The zero-order chi connectivity index (χ0) is 9.91.